The predicted octanol–water partition coefficient (Wildman–Crippen LogP) is 3.21. The van der Waals surface area contributed by atoms with Gasteiger partial charge in [-0.1, -0.05) is 19.9 Å². The minimum Gasteiger partial charge on any atom is -0.493 e. The summed E-state index contributed by atoms with van der Waals surface area (Å²) in [6.07, 6.45) is -0.325. The molecule has 0 aliphatic carbocycles. The fourth-order valence-corrected chi connectivity index (χ4v) is 7.32. The smallest absolute Gasteiger partial charge is 0.328 e. The normalized spacial score (nSPS) is 22.0. The van der Waals surface area contributed by atoms with Gasteiger partial charge in [0.2, 0.25) is 5.91 Å². The summed E-state index contributed by atoms with van der Waals surface area (Å²) in [4.78, 5) is 76.0. The minimum atomic E-state index is -1.33. The molecule has 2 N–H and O–H groups in total. The molecule has 0 unspecified atom stereocenters. The number of rotatable bonds is 6. The second kappa shape index (κ2) is 15.2. The number of thiazole rings is 1. The van der Waals surface area contributed by atoms with Gasteiger partial charge in [-0.05, 0) is 55.3 Å². The molecule has 4 amide bonds. The van der Waals surface area contributed by atoms with Crippen LogP contribution in [0.5, 0.6) is 11.5 Å². The van der Waals surface area contributed by atoms with Crippen LogP contribution in [0.4, 0.5) is 0 Å². The number of nitrogens with one attached hydrogen (secondary N) is 2. The first-order chi connectivity index (χ1) is 23.0. The monoisotopic (exact) mass is 697 g/mol. The van der Waals surface area contributed by atoms with E-state index in [0.717, 1.165) is 4.88 Å². The standard InChI is InChI=1S/C33H39N5O8S2/c1-18(2)21-15-37(31(41)22-17-48-30(36-22)26-9-7-13-47-26)16-27(39)34-19(3)28(32(42)38-12-6-8-23(38)33(43)45-5)46-25-14-20(29(40)35-21)10-11-24(25)44-4/h7,9-11,13-14,17-19,21,23,28H,6,8,12,15-16H2,1-5H3,(H,34,39)(H,35,40)/t19-,21+,23+,28+/m0/s1. The molecule has 256 valence electrons. The molecule has 13 nitrogen and oxygen atoms in total. The maximum Gasteiger partial charge on any atom is 0.328 e. The molecule has 1 fully saturated rings. The number of methoxy groups -OCH3 is 2. The summed E-state index contributed by atoms with van der Waals surface area (Å²) in [5.41, 5.74) is 0.418. The van der Waals surface area contributed by atoms with Gasteiger partial charge in [-0.25, -0.2) is 9.78 Å². The lowest BCUT2D eigenvalue weighted by atomic mass is 10.0. The fraction of sp³-hybridized carbons (Fsp3) is 0.455. The van der Waals surface area contributed by atoms with Gasteiger partial charge in [0.15, 0.2) is 17.6 Å². The zero-order valence-electron chi connectivity index (χ0n) is 27.4. The van der Waals surface area contributed by atoms with Gasteiger partial charge in [0.05, 0.1) is 31.7 Å². The molecule has 2 aliphatic heterocycles. The first-order valence-corrected chi connectivity index (χ1v) is 17.4. The number of hydrogen-bond donors (Lipinski definition) is 2. The quantitative estimate of drug-likeness (QED) is 0.370. The number of nitrogens with zero attached hydrogens (tertiary/aromatic N) is 3. The van der Waals surface area contributed by atoms with Crippen LogP contribution in [0.1, 0.15) is 54.5 Å². The zero-order chi connectivity index (χ0) is 34.5. The average molecular weight is 698 g/mol. The van der Waals surface area contributed by atoms with Crippen LogP contribution in [0.3, 0.4) is 0 Å². The molecule has 3 aromatic rings. The molecule has 2 aromatic heterocycles. The molecule has 2 aliphatic rings. The van der Waals surface area contributed by atoms with Gasteiger partial charge in [-0.2, -0.15) is 0 Å². The molecule has 0 radical (unpaired) electrons. The van der Waals surface area contributed by atoms with E-state index in [1.165, 1.54) is 52.8 Å². The Morgan fingerprint density at radius 2 is 1.90 bits per heavy atom. The van der Waals surface area contributed by atoms with Crippen LogP contribution in [0.15, 0.2) is 41.1 Å². The second-order valence-electron chi connectivity index (χ2n) is 12.0. The highest BCUT2D eigenvalue weighted by Gasteiger charge is 2.41. The Bertz CT molecular complexity index is 1660. The van der Waals surface area contributed by atoms with Crippen molar-refractivity contribution in [2.75, 3.05) is 33.9 Å². The van der Waals surface area contributed by atoms with Gasteiger partial charge in [-0.3, -0.25) is 19.2 Å². The third-order valence-electron chi connectivity index (χ3n) is 8.39. The summed E-state index contributed by atoms with van der Waals surface area (Å²) in [5.74, 6) is -2.30. The molecular formula is C33H39N5O8S2. The van der Waals surface area contributed by atoms with Gasteiger partial charge in [0.25, 0.3) is 17.7 Å². The number of esters is 1. The highest BCUT2D eigenvalue weighted by Crippen LogP contribution is 2.32. The van der Waals surface area contributed by atoms with Gasteiger partial charge in [-0.15, -0.1) is 22.7 Å². The van der Waals surface area contributed by atoms with Crippen molar-refractivity contribution in [3.63, 3.8) is 0 Å². The van der Waals surface area contributed by atoms with Gasteiger partial charge < -0.3 is 34.6 Å². The van der Waals surface area contributed by atoms with Crippen molar-refractivity contribution in [3.05, 3.63) is 52.3 Å². The topological polar surface area (TPSA) is 156 Å². The van der Waals surface area contributed by atoms with Gasteiger partial charge >= 0.3 is 5.97 Å². The van der Waals surface area contributed by atoms with E-state index in [-0.39, 0.29) is 41.8 Å². The third kappa shape index (κ3) is 7.62. The highest BCUT2D eigenvalue weighted by molar-refractivity contribution is 7.20. The fourth-order valence-electron chi connectivity index (χ4n) is 5.72. The lowest BCUT2D eigenvalue weighted by molar-refractivity contribution is -0.154. The highest BCUT2D eigenvalue weighted by atomic mass is 32.1. The van der Waals surface area contributed by atoms with E-state index < -0.39 is 53.8 Å². The van der Waals surface area contributed by atoms with Crippen LogP contribution in [-0.4, -0.2) is 102 Å². The van der Waals surface area contributed by atoms with Crippen molar-refractivity contribution < 1.29 is 38.2 Å². The van der Waals surface area contributed by atoms with Crippen LogP contribution in [0, 0.1) is 5.92 Å². The van der Waals surface area contributed by atoms with Crippen LogP contribution < -0.4 is 20.1 Å². The van der Waals surface area contributed by atoms with Gasteiger partial charge in [0, 0.05) is 30.1 Å². The molecule has 15 heteroatoms. The lowest BCUT2D eigenvalue weighted by Gasteiger charge is -2.33. The number of likely N-dealkylation sites (tertiary alicyclic amines) is 1. The molecule has 1 saturated heterocycles. The summed E-state index contributed by atoms with van der Waals surface area (Å²) in [6, 6.07) is 6.15. The van der Waals surface area contributed by atoms with Crippen molar-refractivity contribution in [2.45, 2.75) is 57.8 Å². The number of ether oxygens (including phenoxy) is 3. The maximum atomic E-state index is 14.1. The summed E-state index contributed by atoms with van der Waals surface area (Å²) >= 11 is 2.83. The first-order valence-electron chi connectivity index (χ1n) is 15.6. The maximum absolute atomic E-state index is 14.1. The van der Waals surface area contributed by atoms with Crippen molar-refractivity contribution in [1.29, 1.82) is 0 Å². The largest absolute Gasteiger partial charge is 0.493 e. The van der Waals surface area contributed by atoms with Gasteiger partial charge in [0.1, 0.15) is 16.7 Å². The molecule has 2 bridgehead atoms. The van der Waals surface area contributed by atoms with Crippen LogP contribution in [0.25, 0.3) is 9.88 Å². The number of carbonyl (C=O) groups excluding carboxylic acids is 5. The van der Waals surface area contributed by atoms with Crippen LogP contribution >= 0.6 is 22.7 Å². The molecular weight excluding hydrogens is 659 g/mol. The van der Waals surface area contributed by atoms with E-state index in [4.69, 9.17) is 14.2 Å². The van der Waals surface area contributed by atoms with Crippen LogP contribution in [-0.2, 0) is 19.1 Å². The Morgan fingerprint density at radius 1 is 1.10 bits per heavy atom. The average Bonchev–Trinajstić information content (AvgIpc) is 3.87. The number of thiophene rings is 1. The van der Waals surface area contributed by atoms with Crippen molar-refractivity contribution in [2.24, 2.45) is 5.92 Å². The second-order valence-corrected chi connectivity index (χ2v) is 13.8. The summed E-state index contributed by atoms with van der Waals surface area (Å²) < 4.78 is 16.7. The Kier molecular flexibility index (Phi) is 11.0. The van der Waals surface area contributed by atoms with Crippen molar-refractivity contribution in [1.82, 2.24) is 25.4 Å². The third-order valence-corrected chi connectivity index (χ3v) is 10.3. The number of fused-ring (bicyclic) bond motifs is 2. The number of amides is 4. The summed E-state index contributed by atoms with van der Waals surface area (Å²) in [7, 11) is 2.69. The van der Waals surface area contributed by atoms with E-state index in [1.807, 2.05) is 31.4 Å². The van der Waals surface area contributed by atoms with E-state index in [2.05, 4.69) is 15.6 Å². The van der Waals surface area contributed by atoms with Crippen molar-refractivity contribution >= 4 is 52.3 Å². The number of carbonyl (C=O) groups is 5. The zero-order valence-corrected chi connectivity index (χ0v) is 29.0. The lowest BCUT2D eigenvalue weighted by Crippen LogP contribution is -2.57. The Morgan fingerprint density at radius 3 is 2.58 bits per heavy atom. The molecule has 4 atom stereocenters. The minimum absolute atomic E-state index is 0.0202. The molecule has 0 saturated carbocycles. The molecule has 4 heterocycles. The molecule has 5 rings (SSSR count). The summed E-state index contributed by atoms with van der Waals surface area (Å²) in [5, 5.41) is 10.1. The van der Waals surface area contributed by atoms with E-state index in [9.17, 15) is 24.0 Å². The SMILES string of the molecule is COC(=O)[C@H]1CCCN1C(=O)[C@@H]1Oc2cc(ccc2OC)C(=O)N[C@@H](C(C)C)CN(C(=O)c2csc(-c3cccs3)n2)CC(=O)N[C@H]1C. The Balaban J connectivity index is 1.51. The number of aromatic nitrogens is 1. The first kappa shape index (κ1) is 34.8. The van der Waals surface area contributed by atoms with E-state index >= 15 is 0 Å². The predicted molar refractivity (Wildman–Crippen MR) is 179 cm³/mol. The molecule has 1 aromatic carbocycles. The van der Waals surface area contributed by atoms with E-state index in [0.29, 0.717) is 24.4 Å². The molecule has 0 spiro atoms. The number of hydrogen-bond acceptors (Lipinski definition) is 11. The summed E-state index contributed by atoms with van der Waals surface area (Å²) in [6.45, 7) is 5.36. The van der Waals surface area contributed by atoms with Crippen molar-refractivity contribution in [3.8, 4) is 21.4 Å². The van der Waals surface area contributed by atoms with E-state index in [1.54, 1.807) is 24.4 Å². The Hall–Kier alpha value is -4.50. The molecule has 48 heavy (non-hydrogen) atoms. The number of benzene rings is 1. The Labute approximate surface area is 286 Å². The van der Waals surface area contributed by atoms with Crippen LogP contribution in [0.2, 0.25) is 0 Å².